The Labute approximate surface area is 90.1 Å². The van der Waals surface area contributed by atoms with Crippen LogP contribution in [-0.2, 0) is 4.74 Å². The van der Waals surface area contributed by atoms with Gasteiger partial charge in [0.05, 0.1) is 24.6 Å². The molecule has 2 heterocycles. The maximum atomic E-state index is 5.75. The highest BCUT2D eigenvalue weighted by atomic mass is 16.5. The van der Waals surface area contributed by atoms with Gasteiger partial charge in [0.2, 0.25) is 0 Å². The molecule has 2 unspecified atom stereocenters. The molecule has 1 aliphatic heterocycles. The van der Waals surface area contributed by atoms with E-state index in [1.54, 1.807) is 18.6 Å². The Balaban J connectivity index is 1.79. The largest absolute Gasteiger partial charge is 0.371 e. The van der Waals surface area contributed by atoms with E-state index >= 15 is 0 Å². The molecule has 4 nitrogen and oxygen atoms in total. The number of hydrogen-bond donors (Lipinski definition) is 1. The van der Waals surface area contributed by atoms with Crippen LogP contribution in [0.1, 0.15) is 31.6 Å². The van der Waals surface area contributed by atoms with Crippen molar-refractivity contribution in [2.24, 2.45) is 0 Å². The lowest BCUT2D eigenvalue weighted by Gasteiger charge is -2.15. The molecule has 2 atom stereocenters. The maximum Gasteiger partial charge on any atom is 0.0982 e. The molecular weight excluding hydrogens is 190 g/mol. The van der Waals surface area contributed by atoms with Crippen molar-refractivity contribution in [1.29, 1.82) is 0 Å². The fraction of sp³-hybridized carbons (Fsp3) is 0.636. The van der Waals surface area contributed by atoms with Crippen molar-refractivity contribution < 1.29 is 4.74 Å². The molecule has 0 saturated carbocycles. The smallest absolute Gasteiger partial charge is 0.0982 e. The van der Waals surface area contributed by atoms with E-state index in [2.05, 4.69) is 15.3 Å². The first-order valence-electron chi connectivity index (χ1n) is 5.47. The van der Waals surface area contributed by atoms with E-state index in [-0.39, 0.29) is 6.10 Å². The maximum absolute atomic E-state index is 5.75. The van der Waals surface area contributed by atoms with Gasteiger partial charge in [0.25, 0.3) is 0 Å². The van der Waals surface area contributed by atoms with Gasteiger partial charge >= 0.3 is 0 Å². The summed E-state index contributed by atoms with van der Waals surface area (Å²) in [6, 6.07) is 0.518. The summed E-state index contributed by atoms with van der Waals surface area (Å²) in [6.45, 7) is 3.89. The van der Waals surface area contributed by atoms with E-state index in [9.17, 15) is 0 Å². The zero-order chi connectivity index (χ0) is 10.5. The number of nitrogens with zero attached hydrogens (tertiary/aromatic N) is 2. The lowest BCUT2D eigenvalue weighted by atomic mass is 10.2. The van der Waals surface area contributed by atoms with Crippen LogP contribution in [0, 0.1) is 0 Å². The number of aromatic nitrogens is 2. The predicted octanol–water partition coefficient (Wildman–Crippen LogP) is 1.31. The molecule has 0 spiro atoms. The second-order valence-corrected chi connectivity index (χ2v) is 3.90. The summed E-state index contributed by atoms with van der Waals surface area (Å²) in [5.41, 5.74) is 0.899. The fourth-order valence-corrected chi connectivity index (χ4v) is 1.77. The Hall–Kier alpha value is -1.00. The summed E-state index contributed by atoms with van der Waals surface area (Å²) in [4.78, 5) is 8.24. The Morgan fingerprint density at radius 3 is 3.20 bits per heavy atom. The van der Waals surface area contributed by atoms with E-state index in [0.29, 0.717) is 6.04 Å². The van der Waals surface area contributed by atoms with Crippen LogP contribution in [0.4, 0.5) is 0 Å². The molecule has 1 N–H and O–H groups in total. The van der Waals surface area contributed by atoms with E-state index < -0.39 is 0 Å². The Kier molecular flexibility index (Phi) is 3.64. The molecule has 0 aliphatic carbocycles. The topological polar surface area (TPSA) is 47.0 Å². The molecular formula is C11H17N3O. The second kappa shape index (κ2) is 5.19. The van der Waals surface area contributed by atoms with Crippen LogP contribution in [0.15, 0.2) is 18.6 Å². The molecule has 1 aromatic rings. The molecule has 1 saturated heterocycles. The molecule has 1 aliphatic rings. The fourth-order valence-electron chi connectivity index (χ4n) is 1.77. The third-order valence-electron chi connectivity index (χ3n) is 2.71. The van der Waals surface area contributed by atoms with Gasteiger partial charge in [0.1, 0.15) is 0 Å². The highest BCUT2D eigenvalue weighted by Crippen LogP contribution is 2.14. The van der Waals surface area contributed by atoms with Crippen LogP contribution in [0.25, 0.3) is 0 Å². The van der Waals surface area contributed by atoms with Crippen LogP contribution in [-0.4, -0.2) is 29.2 Å². The van der Waals surface area contributed by atoms with Crippen molar-refractivity contribution in [3.05, 3.63) is 24.3 Å². The average Bonchev–Trinajstić information content (AvgIpc) is 2.80. The van der Waals surface area contributed by atoms with Crippen molar-refractivity contribution in [2.75, 3.05) is 13.2 Å². The average molecular weight is 207 g/mol. The predicted molar refractivity (Wildman–Crippen MR) is 57.4 cm³/mol. The first-order valence-corrected chi connectivity index (χ1v) is 5.47. The molecule has 15 heavy (non-hydrogen) atoms. The van der Waals surface area contributed by atoms with Gasteiger partial charge in [-0.25, -0.2) is 0 Å². The van der Waals surface area contributed by atoms with Gasteiger partial charge in [-0.1, -0.05) is 0 Å². The van der Waals surface area contributed by atoms with Crippen molar-refractivity contribution >= 4 is 0 Å². The number of rotatable bonds is 4. The molecule has 1 fully saturated rings. The van der Waals surface area contributed by atoms with Crippen molar-refractivity contribution in [3.63, 3.8) is 0 Å². The minimum atomic E-state index is 0.0288. The Morgan fingerprint density at radius 2 is 2.53 bits per heavy atom. The van der Waals surface area contributed by atoms with Gasteiger partial charge in [-0.15, -0.1) is 0 Å². The molecule has 4 heteroatoms. The van der Waals surface area contributed by atoms with Crippen LogP contribution in [0.2, 0.25) is 0 Å². The van der Waals surface area contributed by atoms with Crippen LogP contribution < -0.4 is 5.32 Å². The van der Waals surface area contributed by atoms with Gasteiger partial charge in [-0.2, -0.15) is 0 Å². The van der Waals surface area contributed by atoms with Crippen molar-refractivity contribution in [3.8, 4) is 0 Å². The summed E-state index contributed by atoms with van der Waals surface area (Å²) < 4.78 is 5.75. The third-order valence-corrected chi connectivity index (χ3v) is 2.71. The van der Waals surface area contributed by atoms with Crippen LogP contribution >= 0.6 is 0 Å². The molecule has 0 bridgehead atoms. The van der Waals surface area contributed by atoms with Gasteiger partial charge < -0.3 is 10.1 Å². The molecule has 0 aromatic carbocycles. The summed E-state index contributed by atoms with van der Waals surface area (Å²) in [5.74, 6) is 0. The van der Waals surface area contributed by atoms with E-state index in [1.165, 1.54) is 12.8 Å². The SMILES string of the molecule is CC(OCC1CCCN1)c1cnccn1. The summed E-state index contributed by atoms with van der Waals surface area (Å²) >= 11 is 0. The molecule has 0 radical (unpaired) electrons. The van der Waals surface area contributed by atoms with Gasteiger partial charge in [0.15, 0.2) is 0 Å². The molecule has 82 valence electrons. The van der Waals surface area contributed by atoms with E-state index in [1.807, 2.05) is 6.92 Å². The zero-order valence-electron chi connectivity index (χ0n) is 9.02. The van der Waals surface area contributed by atoms with Gasteiger partial charge in [-0.05, 0) is 26.3 Å². The highest BCUT2D eigenvalue weighted by molar-refractivity contribution is 4.98. The normalized spacial score (nSPS) is 22.9. The minimum absolute atomic E-state index is 0.0288. The van der Waals surface area contributed by atoms with Crippen molar-refractivity contribution in [1.82, 2.24) is 15.3 Å². The molecule has 0 amide bonds. The second-order valence-electron chi connectivity index (χ2n) is 3.90. The van der Waals surface area contributed by atoms with E-state index in [0.717, 1.165) is 18.8 Å². The van der Waals surface area contributed by atoms with Crippen LogP contribution in [0.5, 0.6) is 0 Å². The third kappa shape index (κ3) is 2.97. The monoisotopic (exact) mass is 207 g/mol. The molecule has 2 rings (SSSR count). The first kappa shape index (κ1) is 10.5. The number of nitrogens with one attached hydrogen (secondary N) is 1. The minimum Gasteiger partial charge on any atom is -0.371 e. The lowest BCUT2D eigenvalue weighted by Crippen LogP contribution is -2.27. The van der Waals surface area contributed by atoms with Gasteiger partial charge in [-0.3, -0.25) is 9.97 Å². The van der Waals surface area contributed by atoms with E-state index in [4.69, 9.17) is 4.74 Å². The zero-order valence-corrected chi connectivity index (χ0v) is 9.02. The number of ether oxygens (including phenoxy) is 1. The summed E-state index contributed by atoms with van der Waals surface area (Å²) in [7, 11) is 0. The van der Waals surface area contributed by atoms with Gasteiger partial charge in [0, 0.05) is 18.4 Å². The Morgan fingerprint density at radius 1 is 1.60 bits per heavy atom. The quantitative estimate of drug-likeness (QED) is 0.808. The molecule has 1 aromatic heterocycles. The Bertz CT molecular complexity index is 285. The number of hydrogen-bond acceptors (Lipinski definition) is 4. The standard InChI is InChI=1S/C11H17N3O/c1-9(11-7-12-5-6-14-11)15-8-10-3-2-4-13-10/h5-7,9-10,13H,2-4,8H2,1H3. The summed E-state index contributed by atoms with van der Waals surface area (Å²) in [5, 5.41) is 3.40. The first-order chi connectivity index (χ1) is 7.36. The summed E-state index contributed by atoms with van der Waals surface area (Å²) in [6.07, 6.45) is 7.63. The highest BCUT2D eigenvalue weighted by Gasteiger charge is 2.16. The van der Waals surface area contributed by atoms with Crippen molar-refractivity contribution in [2.45, 2.75) is 31.9 Å². The van der Waals surface area contributed by atoms with Crippen LogP contribution in [0.3, 0.4) is 0 Å². The lowest BCUT2D eigenvalue weighted by molar-refractivity contribution is 0.0496.